The SMILES string of the molecule is c1ccc(Cc2ccc(-c3ccc4c(c3)c3ccccc3n4-c3cccc(-c4ccccc4)c3)cc2)cc1. The summed E-state index contributed by atoms with van der Waals surface area (Å²) in [5.41, 5.74) is 11.2. The van der Waals surface area contributed by atoms with Crippen molar-refractivity contribution < 1.29 is 0 Å². The molecule has 1 nitrogen and oxygen atoms in total. The van der Waals surface area contributed by atoms with Gasteiger partial charge in [0.2, 0.25) is 0 Å². The molecule has 0 aliphatic carbocycles. The van der Waals surface area contributed by atoms with Gasteiger partial charge in [0.1, 0.15) is 0 Å². The van der Waals surface area contributed by atoms with Gasteiger partial charge in [-0.3, -0.25) is 0 Å². The van der Waals surface area contributed by atoms with Crippen LogP contribution in [-0.2, 0) is 6.42 Å². The topological polar surface area (TPSA) is 4.93 Å². The molecule has 0 radical (unpaired) electrons. The van der Waals surface area contributed by atoms with E-state index in [4.69, 9.17) is 0 Å². The molecule has 1 heteroatoms. The zero-order valence-electron chi connectivity index (χ0n) is 21.1. The van der Waals surface area contributed by atoms with E-state index in [1.165, 1.54) is 60.9 Å². The first-order valence-electron chi connectivity index (χ1n) is 13.2. The first-order chi connectivity index (χ1) is 18.8. The van der Waals surface area contributed by atoms with Crippen molar-refractivity contribution in [1.82, 2.24) is 4.57 Å². The highest BCUT2D eigenvalue weighted by atomic mass is 15.0. The summed E-state index contributed by atoms with van der Waals surface area (Å²) in [6.07, 6.45) is 0.954. The van der Waals surface area contributed by atoms with Gasteiger partial charge in [-0.1, -0.05) is 121 Å². The molecule has 1 aromatic heterocycles. The molecule has 0 spiro atoms. The van der Waals surface area contributed by atoms with Crippen molar-refractivity contribution in [2.75, 3.05) is 0 Å². The smallest absolute Gasteiger partial charge is 0.0541 e. The molecule has 0 bridgehead atoms. The van der Waals surface area contributed by atoms with Crippen molar-refractivity contribution in [2.24, 2.45) is 0 Å². The maximum Gasteiger partial charge on any atom is 0.0541 e. The summed E-state index contributed by atoms with van der Waals surface area (Å²) in [6.45, 7) is 0. The summed E-state index contributed by atoms with van der Waals surface area (Å²) in [5, 5.41) is 2.55. The van der Waals surface area contributed by atoms with Crippen LogP contribution < -0.4 is 0 Å². The van der Waals surface area contributed by atoms with Crippen LogP contribution in [0.4, 0.5) is 0 Å². The van der Waals surface area contributed by atoms with Crippen molar-refractivity contribution in [2.45, 2.75) is 6.42 Å². The third-order valence-electron chi connectivity index (χ3n) is 7.42. The number of fused-ring (bicyclic) bond motifs is 3. The molecule has 0 saturated carbocycles. The van der Waals surface area contributed by atoms with Gasteiger partial charge in [0.05, 0.1) is 11.0 Å². The molecule has 0 aliphatic rings. The lowest BCUT2D eigenvalue weighted by Crippen LogP contribution is -1.94. The molecule has 0 atom stereocenters. The van der Waals surface area contributed by atoms with Gasteiger partial charge in [-0.05, 0) is 70.1 Å². The summed E-state index contributed by atoms with van der Waals surface area (Å²) in [4.78, 5) is 0. The fraction of sp³-hybridized carbons (Fsp3) is 0.0270. The van der Waals surface area contributed by atoms with Gasteiger partial charge < -0.3 is 4.57 Å². The normalized spacial score (nSPS) is 11.3. The summed E-state index contributed by atoms with van der Waals surface area (Å²) in [5.74, 6) is 0. The minimum Gasteiger partial charge on any atom is -0.309 e. The van der Waals surface area contributed by atoms with E-state index in [0.717, 1.165) is 6.42 Å². The van der Waals surface area contributed by atoms with Gasteiger partial charge >= 0.3 is 0 Å². The largest absolute Gasteiger partial charge is 0.309 e. The Kier molecular flexibility index (Phi) is 5.60. The number of hydrogen-bond donors (Lipinski definition) is 0. The van der Waals surface area contributed by atoms with Crippen LogP contribution in [-0.4, -0.2) is 4.57 Å². The highest BCUT2D eigenvalue weighted by molar-refractivity contribution is 6.10. The Morgan fingerprint density at radius 1 is 0.368 bits per heavy atom. The molecule has 180 valence electrons. The molecule has 0 N–H and O–H groups in total. The number of hydrogen-bond acceptors (Lipinski definition) is 0. The van der Waals surface area contributed by atoms with E-state index in [1.807, 2.05) is 0 Å². The van der Waals surface area contributed by atoms with Crippen LogP contribution in [0.5, 0.6) is 0 Å². The van der Waals surface area contributed by atoms with Gasteiger partial charge in [0.25, 0.3) is 0 Å². The van der Waals surface area contributed by atoms with E-state index in [9.17, 15) is 0 Å². The molecular formula is C37H27N. The van der Waals surface area contributed by atoms with E-state index < -0.39 is 0 Å². The van der Waals surface area contributed by atoms with Gasteiger partial charge in [0.15, 0.2) is 0 Å². The molecule has 0 fully saturated rings. The fourth-order valence-corrected chi connectivity index (χ4v) is 5.53. The third-order valence-corrected chi connectivity index (χ3v) is 7.42. The number of benzene rings is 6. The second kappa shape index (κ2) is 9.53. The Balaban J connectivity index is 1.31. The number of rotatable bonds is 5. The van der Waals surface area contributed by atoms with Crippen LogP contribution in [0.3, 0.4) is 0 Å². The molecule has 7 rings (SSSR count). The highest BCUT2D eigenvalue weighted by Gasteiger charge is 2.13. The molecule has 7 aromatic rings. The molecule has 0 aliphatic heterocycles. The Bertz CT molecular complexity index is 1860. The summed E-state index contributed by atoms with van der Waals surface area (Å²) < 4.78 is 2.39. The van der Waals surface area contributed by atoms with Crippen molar-refractivity contribution >= 4 is 21.8 Å². The molecule has 1 heterocycles. The second-order valence-electron chi connectivity index (χ2n) is 9.86. The maximum absolute atomic E-state index is 2.39. The fourth-order valence-electron chi connectivity index (χ4n) is 5.53. The van der Waals surface area contributed by atoms with Gasteiger partial charge in [-0.15, -0.1) is 0 Å². The Hall–Kier alpha value is -4.88. The predicted molar refractivity (Wildman–Crippen MR) is 161 cm³/mol. The van der Waals surface area contributed by atoms with Crippen LogP contribution in [0.2, 0.25) is 0 Å². The van der Waals surface area contributed by atoms with Gasteiger partial charge in [-0.25, -0.2) is 0 Å². The van der Waals surface area contributed by atoms with Crippen LogP contribution >= 0.6 is 0 Å². The van der Waals surface area contributed by atoms with Crippen molar-refractivity contribution in [3.63, 3.8) is 0 Å². The first-order valence-corrected chi connectivity index (χ1v) is 13.2. The highest BCUT2D eigenvalue weighted by Crippen LogP contribution is 2.35. The van der Waals surface area contributed by atoms with Crippen LogP contribution in [0.25, 0.3) is 49.7 Å². The monoisotopic (exact) mass is 485 g/mol. The van der Waals surface area contributed by atoms with E-state index in [-0.39, 0.29) is 0 Å². The summed E-state index contributed by atoms with van der Waals surface area (Å²) in [7, 11) is 0. The molecule has 0 saturated heterocycles. The Morgan fingerprint density at radius 2 is 0.947 bits per heavy atom. The molecule has 0 amide bonds. The molecule has 6 aromatic carbocycles. The van der Waals surface area contributed by atoms with Crippen LogP contribution in [0.1, 0.15) is 11.1 Å². The quantitative estimate of drug-likeness (QED) is 0.229. The third kappa shape index (κ3) is 4.09. The average Bonchev–Trinajstić information content (AvgIpc) is 3.32. The standard InChI is InChI=1S/C37H27N/c1-3-10-27(11-4-1)24-28-18-20-30(21-19-28)32-22-23-37-35(26-32)34-16-7-8-17-36(34)38(37)33-15-9-14-31(25-33)29-12-5-2-6-13-29/h1-23,25-26H,24H2. The van der Waals surface area contributed by atoms with Crippen molar-refractivity contribution in [1.29, 1.82) is 0 Å². The van der Waals surface area contributed by atoms with Gasteiger partial charge in [-0.2, -0.15) is 0 Å². The zero-order valence-corrected chi connectivity index (χ0v) is 21.1. The van der Waals surface area contributed by atoms with Gasteiger partial charge in [0, 0.05) is 16.5 Å². The number of nitrogens with zero attached hydrogens (tertiary/aromatic N) is 1. The molecule has 0 unspecified atom stereocenters. The van der Waals surface area contributed by atoms with E-state index in [0.29, 0.717) is 0 Å². The second-order valence-corrected chi connectivity index (χ2v) is 9.86. The first kappa shape index (κ1) is 22.3. The number of para-hydroxylation sites is 1. The summed E-state index contributed by atoms with van der Waals surface area (Å²) >= 11 is 0. The maximum atomic E-state index is 2.39. The zero-order chi connectivity index (χ0) is 25.3. The number of aromatic nitrogens is 1. The lowest BCUT2D eigenvalue weighted by molar-refractivity contribution is 1.18. The Morgan fingerprint density at radius 3 is 1.76 bits per heavy atom. The lowest BCUT2D eigenvalue weighted by Gasteiger charge is -2.11. The van der Waals surface area contributed by atoms with Crippen LogP contribution in [0, 0.1) is 0 Å². The summed E-state index contributed by atoms with van der Waals surface area (Å²) in [6, 6.07) is 54.7. The predicted octanol–water partition coefficient (Wildman–Crippen LogP) is 9.71. The average molecular weight is 486 g/mol. The molecular weight excluding hydrogens is 458 g/mol. The van der Waals surface area contributed by atoms with Crippen molar-refractivity contribution in [3.05, 3.63) is 163 Å². The van der Waals surface area contributed by atoms with Crippen LogP contribution in [0.15, 0.2) is 152 Å². The minimum absolute atomic E-state index is 0.954. The lowest BCUT2D eigenvalue weighted by atomic mass is 9.99. The minimum atomic E-state index is 0.954. The van der Waals surface area contributed by atoms with E-state index >= 15 is 0 Å². The Labute approximate surface area is 223 Å². The van der Waals surface area contributed by atoms with E-state index in [2.05, 4.69) is 156 Å². The molecule has 38 heavy (non-hydrogen) atoms. The van der Waals surface area contributed by atoms with Crippen molar-refractivity contribution in [3.8, 4) is 27.9 Å². The van der Waals surface area contributed by atoms with E-state index in [1.54, 1.807) is 0 Å².